The average Bonchev–Trinajstić information content (AvgIpc) is 3.07. The van der Waals surface area contributed by atoms with E-state index in [0.717, 1.165) is 54.3 Å². The highest BCUT2D eigenvalue weighted by molar-refractivity contribution is 7.20. The molecule has 29 heavy (non-hydrogen) atoms. The normalized spacial score (nSPS) is 15.1. The van der Waals surface area contributed by atoms with Crippen LogP contribution in [0.5, 0.6) is 0 Å². The van der Waals surface area contributed by atoms with Crippen molar-refractivity contribution in [1.82, 2.24) is 14.9 Å². The maximum Gasteiger partial charge on any atom is 0.266 e. The number of halogens is 2. The van der Waals surface area contributed by atoms with Crippen molar-refractivity contribution in [3.63, 3.8) is 0 Å². The van der Waals surface area contributed by atoms with Crippen molar-refractivity contribution in [2.24, 2.45) is 0 Å². The van der Waals surface area contributed by atoms with Crippen LogP contribution in [0, 0.1) is 12.7 Å². The number of likely N-dealkylation sites (N-methyl/N-ethyl adjacent to an activating group) is 1. The van der Waals surface area contributed by atoms with Gasteiger partial charge in [-0.3, -0.25) is 4.79 Å². The third-order valence-electron chi connectivity index (χ3n) is 5.21. The molecule has 1 saturated heterocycles. The van der Waals surface area contributed by atoms with E-state index >= 15 is 0 Å². The molecule has 6 nitrogen and oxygen atoms in total. The first kappa shape index (κ1) is 20.0. The summed E-state index contributed by atoms with van der Waals surface area (Å²) in [6, 6.07) is 3.89. The summed E-state index contributed by atoms with van der Waals surface area (Å²) in [5, 5.41) is 3.85. The zero-order valence-corrected chi connectivity index (χ0v) is 17.8. The summed E-state index contributed by atoms with van der Waals surface area (Å²) in [4.78, 5) is 27.8. The van der Waals surface area contributed by atoms with Crippen molar-refractivity contribution in [2.45, 2.75) is 13.8 Å². The van der Waals surface area contributed by atoms with Gasteiger partial charge in [0, 0.05) is 26.2 Å². The van der Waals surface area contributed by atoms with E-state index in [9.17, 15) is 9.18 Å². The van der Waals surface area contributed by atoms with Gasteiger partial charge >= 0.3 is 0 Å². The van der Waals surface area contributed by atoms with Crippen molar-refractivity contribution in [3.05, 3.63) is 45.8 Å². The van der Waals surface area contributed by atoms with Gasteiger partial charge in [0.15, 0.2) is 0 Å². The fourth-order valence-electron chi connectivity index (χ4n) is 3.56. The predicted molar refractivity (Wildman–Crippen MR) is 116 cm³/mol. The Kier molecular flexibility index (Phi) is 5.67. The van der Waals surface area contributed by atoms with E-state index in [-0.39, 0.29) is 10.9 Å². The molecular weight excluding hydrogens is 413 g/mol. The van der Waals surface area contributed by atoms with Gasteiger partial charge in [-0.2, -0.15) is 0 Å². The number of carbonyl (C=O) groups is 1. The SMILES string of the molecule is CCN1CCN(c2ncnc3sc(C(=O)Nc4ccc(F)cc4Cl)c(C)c23)CC1. The third kappa shape index (κ3) is 3.92. The zero-order valence-electron chi connectivity index (χ0n) is 16.2. The minimum atomic E-state index is -0.450. The molecule has 3 aromatic rings. The Balaban J connectivity index is 1.65. The largest absolute Gasteiger partial charge is 0.353 e. The highest BCUT2D eigenvalue weighted by atomic mass is 35.5. The molecule has 3 heterocycles. The number of nitrogens with zero attached hydrogens (tertiary/aromatic N) is 4. The summed E-state index contributed by atoms with van der Waals surface area (Å²) >= 11 is 7.37. The molecule has 2 aromatic heterocycles. The molecule has 0 saturated carbocycles. The lowest BCUT2D eigenvalue weighted by Gasteiger charge is -2.35. The Morgan fingerprint density at radius 2 is 2.03 bits per heavy atom. The minimum Gasteiger partial charge on any atom is -0.353 e. The van der Waals surface area contributed by atoms with Gasteiger partial charge in [-0.15, -0.1) is 11.3 Å². The van der Waals surface area contributed by atoms with Gasteiger partial charge in [0.25, 0.3) is 5.91 Å². The molecule has 1 amide bonds. The van der Waals surface area contributed by atoms with Crippen LogP contribution in [0.3, 0.4) is 0 Å². The second-order valence-electron chi connectivity index (χ2n) is 6.93. The van der Waals surface area contributed by atoms with Crippen LogP contribution in [-0.4, -0.2) is 53.5 Å². The van der Waals surface area contributed by atoms with Crippen LogP contribution < -0.4 is 10.2 Å². The smallest absolute Gasteiger partial charge is 0.266 e. The number of anilines is 2. The van der Waals surface area contributed by atoms with Gasteiger partial charge in [0.2, 0.25) is 0 Å². The molecule has 1 N–H and O–H groups in total. The number of fused-ring (bicyclic) bond motifs is 1. The first-order valence-electron chi connectivity index (χ1n) is 9.45. The van der Waals surface area contributed by atoms with Crippen molar-refractivity contribution < 1.29 is 9.18 Å². The second kappa shape index (κ2) is 8.22. The topological polar surface area (TPSA) is 61.4 Å². The molecular formula is C20H21ClFN5OS. The number of piperazine rings is 1. The number of hydrogen-bond donors (Lipinski definition) is 1. The lowest BCUT2D eigenvalue weighted by atomic mass is 10.1. The number of thiophene rings is 1. The third-order valence-corrected chi connectivity index (χ3v) is 6.72. The number of aromatic nitrogens is 2. The monoisotopic (exact) mass is 433 g/mol. The van der Waals surface area contributed by atoms with E-state index < -0.39 is 5.82 Å². The van der Waals surface area contributed by atoms with E-state index in [1.165, 1.54) is 29.5 Å². The van der Waals surface area contributed by atoms with Crippen LogP contribution in [0.2, 0.25) is 5.02 Å². The summed E-state index contributed by atoms with van der Waals surface area (Å²) in [5.74, 6) is 0.133. The maximum atomic E-state index is 13.3. The number of nitrogens with one attached hydrogen (secondary N) is 1. The molecule has 0 unspecified atom stereocenters. The number of aryl methyl sites for hydroxylation is 1. The number of benzene rings is 1. The first-order valence-corrected chi connectivity index (χ1v) is 10.6. The molecule has 152 valence electrons. The second-order valence-corrected chi connectivity index (χ2v) is 8.34. The summed E-state index contributed by atoms with van der Waals surface area (Å²) in [6.45, 7) is 8.88. The number of carbonyl (C=O) groups excluding carboxylic acids is 1. The van der Waals surface area contributed by atoms with Crippen LogP contribution in [-0.2, 0) is 0 Å². The Hall–Kier alpha value is -2.29. The van der Waals surface area contributed by atoms with Crippen LogP contribution in [0.15, 0.2) is 24.5 Å². The first-order chi connectivity index (χ1) is 14.0. The Labute approximate surface area is 177 Å². The minimum absolute atomic E-state index is 0.159. The van der Waals surface area contributed by atoms with Crippen LogP contribution in [0.25, 0.3) is 10.2 Å². The number of amides is 1. The van der Waals surface area contributed by atoms with E-state index in [0.29, 0.717) is 10.6 Å². The molecule has 1 aliphatic heterocycles. The molecule has 4 rings (SSSR count). The highest BCUT2D eigenvalue weighted by Gasteiger charge is 2.24. The average molecular weight is 434 g/mol. The summed E-state index contributed by atoms with van der Waals surface area (Å²) in [7, 11) is 0. The molecule has 1 aromatic carbocycles. The molecule has 1 fully saturated rings. The van der Waals surface area contributed by atoms with E-state index in [4.69, 9.17) is 11.6 Å². The number of hydrogen-bond acceptors (Lipinski definition) is 6. The number of rotatable bonds is 4. The summed E-state index contributed by atoms with van der Waals surface area (Å²) in [5.41, 5.74) is 1.21. The summed E-state index contributed by atoms with van der Waals surface area (Å²) in [6.07, 6.45) is 1.55. The van der Waals surface area contributed by atoms with Gasteiger partial charge in [0.05, 0.1) is 21.0 Å². The van der Waals surface area contributed by atoms with Crippen LogP contribution >= 0.6 is 22.9 Å². The molecule has 0 atom stereocenters. The molecule has 0 bridgehead atoms. The van der Waals surface area contributed by atoms with Gasteiger partial charge in [-0.25, -0.2) is 14.4 Å². The Morgan fingerprint density at radius 3 is 2.72 bits per heavy atom. The highest BCUT2D eigenvalue weighted by Crippen LogP contribution is 2.36. The predicted octanol–water partition coefficient (Wildman–Crippen LogP) is 4.19. The molecule has 0 aliphatic carbocycles. The lowest BCUT2D eigenvalue weighted by molar-refractivity contribution is 0.103. The zero-order chi connectivity index (χ0) is 20.5. The van der Waals surface area contributed by atoms with Crippen molar-refractivity contribution in [3.8, 4) is 0 Å². The van der Waals surface area contributed by atoms with E-state index in [1.807, 2.05) is 6.92 Å². The van der Waals surface area contributed by atoms with Gasteiger partial charge in [-0.1, -0.05) is 18.5 Å². The van der Waals surface area contributed by atoms with E-state index in [1.54, 1.807) is 6.33 Å². The standard InChI is InChI=1S/C20H21ClFN5OS/c1-3-26-6-8-27(9-7-26)18-16-12(2)17(29-20(16)24-11-23-18)19(28)25-15-5-4-13(22)10-14(15)21/h4-5,10-11H,3,6-9H2,1-2H3,(H,25,28). The molecule has 1 aliphatic rings. The van der Waals surface area contributed by atoms with Crippen molar-refractivity contribution in [1.29, 1.82) is 0 Å². The fourth-order valence-corrected chi connectivity index (χ4v) is 4.81. The van der Waals surface area contributed by atoms with Gasteiger partial charge in [0.1, 0.15) is 22.8 Å². The van der Waals surface area contributed by atoms with Gasteiger partial charge in [-0.05, 0) is 37.2 Å². The molecule has 9 heteroatoms. The van der Waals surface area contributed by atoms with E-state index in [2.05, 4.69) is 32.0 Å². The van der Waals surface area contributed by atoms with Crippen molar-refractivity contribution >= 4 is 50.6 Å². The van der Waals surface area contributed by atoms with Crippen molar-refractivity contribution in [2.75, 3.05) is 42.9 Å². The Morgan fingerprint density at radius 1 is 1.28 bits per heavy atom. The fraction of sp³-hybridized carbons (Fsp3) is 0.350. The Bertz CT molecular complexity index is 1060. The molecule has 0 radical (unpaired) electrons. The van der Waals surface area contributed by atoms with Crippen LogP contribution in [0.1, 0.15) is 22.2 Å². The van der Waals surface area contributed by atoms with Gasteiger partial charge < -0.3 is 15.1 Å². The molecule has 0 spiro atoms. The lowest BCUT2D eigenvalue weighted by Crippen LogP contribution is -2.46. The quantitative estimate of drug-likeness (QED) is 0.668. The maximum absolute atomic E-state index is 13.3. The summed E-state index contributed by atoms with van der Waals surface area (Å²) < 4.78 is 13.3. The van der Waals surface area contributed by atoms with Crippen LogP contribution in [0.4, 0.5) is 15.9 Å².